The van der Waals surface area contributed by atoms with Crippen molar-refractivity contribution < 1.29 is 18.7 Å². The third-order valence-electron chi connectivity index (χ3n) is 4.58. The van der Waals surface area contributed by atoms with Crippen LogP contribution >= 0.6 is 11.3 Å². The number of aryl methyl sites for hydroxylation is 3. The second-order valence-electron chi connectivity index (χ2n) is 6.82. The number of carbonyl (C=O) groups is 2. The molecular formula is C21H21N3O4S. The molecule has 2 amide bonds. The highest BCUT2D eigenvalue weighted by Crippen LogP contribution is 2.29. The molecule has 0 unspecified atom stereocenters. The molecule has 150 valence electrons. The first kappa shape index (κ1) is 19.2. The van der Waals surface area contributed by atoms with Crippen LogP contribution in [-0.2, 0) is 11.2 Å². The summed E-state index contributed by atoms with van der Waals surface area (Å²) in [5.41, 5.74) is 2.58. The predicted octanol–water partition coefficient (Wildman–Crippen LogP) is 3.71. The summed E-state index contributed by atoms with van der Waals surface area (Å²) >= 11 is 1.31. The minimum atomic E-state index is -0.175. The predicted molar refractivity (Wildman–Crippen MR) is 111 cm³/mol. The van der Waals surface area contributed by atoms with Gasteiger partial charge in [-0.15, -0.1) is 11.3 Å². The van der Waals surface area contributed by atoms with E-state index in [1.807, 2.05) is 44.2 Å². The number of ether oxygens (including phenoxy) is 1. The molecule has 1 aliphatic heterocycles. The van der Waals surface area contributed by atoms with Crippen molar-refractivity contribution in [2.24, 2.45) is 0 Å². The highest BCUT2D eigenvalue weighted by molar-refractivity contribution is 7.17. The van der Waals surface area contributed by atoms with Crippen molar-refractivity contribution in [1.82, 2.24) is 10.3 Å². The third kappa shape index (κ3) is 4.32. The van der Waals surface area contributed by atoms with Gasteiger partial charge in [0.05, 0.1) is 12.2 Å². The second kappa shape index (κ2) is 8.08. The Labute approximate surface area is 172 Å². The Balaban J connectivity index is 1.30. The van der Waals surface area contributed by atoms with E-state index < -0.39 is 0 Å². The number of carbonyl (C=O) groups excluding carboxylic acids is 2. The maximum Gasteiger partial charge on any atom is 0.263 e. The molecule has 4 rings (SSSR count). The summed E-state index contributed by atoms with van der Waals surface area (Å²) in [6.07, 6.45) is 1.19. The molecule has 0 saturated carbocycles. The monoisotopic (exact) mass is 411 g/mol. The van der Waals surface area contributed by atoms with E-state index >= 15 is 0 Å². The fourth-order valence-corrected chi connectivity index (χ4v) is 4.07. The number of anilines is 1. The Bertz CT molecular complexity index is 1070. The van der Waals surface area contributed by atoms with Crippen LogP contribution < -0.4 is 15.4 Å². The number of nitrogens with one attached hydrogen (secondary N) is 2. The van der Waals surface area contributed by atoms with Crippen molar-refractivity contribution in [1.29, 1.82) is 0 Å². The number of amides is 2. The number of hydrogen-bond donors (Lipinski definition) is 2. The van der Waals surface area contributed by atoms with Gasteiger partial charge in [-0.25, -0.2) is 4.98 Å². The first-order chi connectivity index (χ1) is 14.0. The Morgan fingerprint density at radius 1 is 1.28 bits per heavy atom. The van der Waals surface area contributed by atoms with Crippen LogP contribution in [0.3, 0.4) is 0 Å². The van der Waals surface area contributed by atoms with Crippen LogP contribution in [0.4, 0.5) is 5.69 Å². The molecule has 29 heavy (non-hydrogen) atoms. The number of furan rings is 1. The van der Waals surface area contributed by atoms with Crippen LogP contribution in [0.1, 0.15) is 33.1 Å². The van der Waals surface area contributed by atoms with Crippen LogP contribution in [0, 0.1) is 13.8 Å². The quantitative estimate of drug-likeness (QED) is 0.603. The van der Waals surface area contributed by atoms with Crippen LogP contribution in [-0.4, -0.2) is 29.9 Å². The number of benzene rings is 1. The smallest absolute Gasteiger partial charge is 0.263 e. The normalized spacial score (nSPS) is 13.0. The van der Waals surface area contributed by atoms with E-state index in [1.165, 1.54) is 11.3 Å². The zero-order valence-corrected chi connectivity index (χ0v) is 17.0. The lowest BCUT2D eigenvalue weighted by Crippen LogP contribution is -2.28. The van der Waals surface area contributed by atoms with Crippen molar-refractivity contribution in [3.63, 3.8) is 0 Å². The summed E-state index contributed by atoms with van der Waals surface area (Å²) in [5, 5.41) is 6.40. The van der Waals surface area contributed by atoms with Gasteiger partial charge in [0.25, 0.3) is 5.91 Å². The van der Waals surface area contributed by atoms with E-state index in [-0.39, 0.29) is 11.8 Å². The summed E-state index contributed by atoms with van der Waals surface area (Å²) in [7, 11) is 0. The van der Waals surface area contributed by atoms with Gasteiger partial charge in [0.2, 0.25) is 5.91 Å². The van der Waals surface area contributed by atoms with Gasteiger partial charge in [0.1, 0.15) is 23.0 Å². The Morgan fingerprint density at radius 2 is 2.14 bits per heavy atom. The van der Waals surface area contributed by atoms with Crippen LogP contribution in [0.25, 0.3) is 10.8 Å². The van der Waals surface area contributed by atoms with Crippen molar-refractivity contribution in [3.05, 3.63) is 52.2 Å². The van der Waals surface area contributed by atoms with E-state index in [2.05, 4.69) is 15.6 Å². The Kier molecular flexibility index (Phi) is 5.35. The van der Waals surface area contributed by atoms with E-state index in [9.17, 15) is 9.59 Å². The molecule has 2 aromatic heterocycles. The van der Waals surface area contributed by atoms with Gasteiger partial charge in [-0.3, -0.25) is 9.59 Å². The minimum Gasteiger partial charge on any atom is -0.492 e. The molecule has 0 aliphatic carbocycles. The molecule has 1 aliphatic rings. The average molecular weight is 411 g/mol. The fraction of sp³-hybridized carbons (Fsp3) is 0.286. The summed E-state index contributed by atoms with van der Waals surface area (Å²) in [5.74, 6) is 2.06. The molecule has 7 nitrogen and oxygen atoms in total. The highest BCUT2D eigenvalue weighted by atomic mass is 32.1. The van der Waals surface area contributed by atoms with Crippen molar-refractivity contribution in [3.8, 4) is 16.5 Å². The molecule has 2 N–H and O–H groups in total. The van der Waals surface area contributed by atoms with Crippen LogP contribution in [0.2, 0.25) is 0 Å². The van der Waals surface area contributed by atoms with Gasteiger partial charge >= 0.3 is 0 Å². The molecule has 0 bridgehead atoms. The molecular weight excluding hydrogens is 390 g/mol. The molecule has 0 fully saturated rings. The van der Waals surface area contributed by atoms with Gasteiger partial charge in [-0.1, -0.05) is 0 Å². The van der Waals surface area contributed by atoms with Gasteiger partial charge < -0.3 is 19.8 Å². The minimum absolute atomic E-state index is 0.0394. The number of aromatic nitrogens is 1. The molecule has 0 saturated heterocycles. The van der Waals surface area contributed by atoms with E-state index in [4.69, 9.17) is 9.15 Å². The zero-order chi connectivity index (χ0) is 20.4. The topological polar surface area (TPSA) is 93.5 Å². The van der Waals surface area contributed by atoms with E-state index in [1.54, 1.807) is 0 Å². The van der Waals surface area contributed by atoms with Crippen molar-refractivity contribution in [2.45, 2.75) is 26.7 Å². The first-order valence-electron chi connectivity index (χ1n) is 9.37. The lowest BCUT2D eigenvalue weighted by Gasteiger charge is -2.17. The maximum atomic E-state index is 12.5. The molecule has 8 heteroatoms. The maximum absolute atomic E-state index is 12.5. The van der Waals surface area contributed by atoms with E-state index in [0.29, 0.717) is 47.3 Å². The zero-order valence-electron chi connectivity index (χ0n) is 16.2. The number of hydrogen-bond acceptors (Lipinski definition) is 6. The van der Waals surface area contributed by atoms with Crippen LogP contribution in [0.15, 0.2) is 34.7 Å². The Morgan fingerprint density at radius 3 is 2.93 bits per heavy atom. The molecule has 1 aromatic carbocycles. The standard InChI is InChI=1S/C21H21N3O4S/c1-12-3-7-17(28-12)21-23-13(2)19(29-21)20(26)22-9-10-27-15-5-6-16-14(11-15)4-8-18(25)24-16/h3,5-7,11H,4,8-10H2,1-2H3,(H,22,26)(H,24,25). The molecule has 0 spiro atoms. The number of rotatable bonds is 6. The van der Waals surface area contributed by atoms with Gasteiger partial charge in [0.15, 0.2) is 10.8 Å². The number of fused-ring (bicyclic) bond motifs is 1. The number of thiazole rings is 1. The summed E-state index contributed by atoms with van der Waals surface area (Å²) in [6.45, 7) is 4.40. The first-order valence-corrected chi connectivity index (χ1v) is 10.2. The third-order valence-corrected chi connectivity index (χ3v) is 5.75. The van der Waals surface area contributed by atoms with Gasteiger partial charge in [0, 0.05) is 12.1 Å². The van der Waals surface area contributed by atoms with Gasteiger partial charge in [-0.2, -0.15) is 0 Å². The van der Waals surface area contributed by atoms with Crippen molar-refractivity contribution >= 4 is 28.8 Å². The average Bonchev–Trinajstić information content (AvgIpc) is 3.30. The largest absolute Gasteiger partial charge is 0.492 e. The Hall–Kier alpha value is -3.13. The molecule has 0 radical (unpaired) electrons. The summed E-state index contributed by atoms with van der Waals surface area (Å²) in [6, 6.07) is 9.32. The molecule has 3 heterocycles. The van der Waals surface area contributed by atoms with E-state index in [0.717, 1.165) is 22.8 Å². The summed E-state index contributed by atoms with van der Waals surface area (Å²) < 4.78 is 11.3. The SMILES string of the molecule is Cc1ccc(-c2nc(C)c(C(=O)NCCOc3ccc4c(c3)CCC(=O)N4)s2)o1. The van der Waals surface area contributed by atoms with Crippen molar-refractivity contribution in [2.75, 3.05) is 18.5 Å². The molecule has 3 aromatic rings. The number of nitrogens with zero attached hydrogens (tertiary/aromatic N) is 1. The lowest BCUT2D eigenvalue weighted by atomic mass is 10.0. The summed E-state index contributed by atoms with van der Waals surface area (Å²) in [4.78, 5) is 28.9. The highest BCUT2D eigenvalue weighted by Gasteiger charge is 2.18. The fourth-order valence-electron chi connectivity index (χ4n) is 3.13. The molecule has 0 atom stereocenters. The van der Waals surface area contributed by atoms with Crippen LogP contribution in [0.5, 0.6) is 5.75 Å². The second-order valence-corrected chi connectivity index (χ2v) is 7.81. The lowest BCUT2D eigenvalue weighted by molar-refractivity contribution is -0.116. The van der Waals surface area contributed by atoms with Gasteiger partial charge in [-0.05, 0) is 56.2 Å².